The fraction of sp³-hybridized carbons (Fsp3) is 0.933. The van der Waals surface area contributed by atoms with Crippen LogP contribution in [0.15, 0.2) is 0 Å². The van der Waals surface area contributed by atoms with Crippen molar-refractivity contribution >= 4 is 5.91 Å². The summed E-state index contributed by atoms with van der Waals surface area (Å²) >= 11 is 0. The summed E-state index contributed by atoms with van der Waals surface area (Å²) in [7, 11) is 0. The first-order chi connectivity index (χ1) is 8.11. The summed E-state index contributed by atoms with van der Waals surface area (Å²) in [6.45, 7) is 15.2. The topological polar surface area (TPSA) is 41.1 Å². The van der Waals surface area contributed by atoms with Gasteiger partial charge < -0.3 is 10.6 Å². The molecule has 2 aliphatic rings. The van der Waals surface area contributed by atoms with Gasteiger partial charge in [-0.3, -0.25) is 4.79 Å². The van der Waals surface area contributed by atoms with Gasteiger partial charge in [-0.15, -0.1) is 0 Å². The van der Waals surface area contributed by atoms with Gasteiger partial charge in [-0.1, -0.05) is 41.5 Å². The highest BCUT2D eigenvalue weighted by atomic mass is 16.2. The highest BCUT2D eigenvalue weighted by molar-refractivity contribution is 5.84. The number of nitrogens with one attached hydrogen (secondary N) is 2. The normalized spacial score (nSPS) is 32.9. The summed E-state index contributed by atoms with van der Waals surface area (Å²) in [6, 6.07) is 0.304. The Morgan fingerprint density at radius 3 is 2.11 bits per heavy atom. The molecule has 104 valence electrons. The lowest BCUT2D eigenvalue weighted by molar-refractivity contribution is -0.125. The van der Waals surface area contributed by atoms with Crippen LogP contribution >= 0.6 is 0 Å². The predicted octanol–water partition coefficient (Wildman–Crippen LogP) is 2.17. The molecule has 1 atom stereocenters. The summed E-state index contributed by atoms with van der Waals surface area (Å²) in [6.07, 6.45) is 1.03. The average Bonchev–Trinajstić information content (AvgIpc) is 2.61. The van der Waals surface area contributed by atoms with Crippen molar-refractivity contribution in [1.82, 2.24) is 10.6 Å². The van der Waals surface area contributed by atoms with E-state index in [1.807, 2.05) is 0 Å². The van der Waals surface area contributed by atoms with E-state index in [0.717, 1.165) is 19.5 Å². The average molecular weight is 252 g/mol. The predicted molar refractivity (Wildman–Crippen MR) is 74.3 cm³/mol. The molecule has 2 fully saturated rings. The second-order valence-corrected chi connectivity index (χ2v) is 7.89. The van der Waals surface area contributed by atoms with Crippen molar-refractivity contribution in [2.75, 3.05) is 13.1 Å². The Bertz CT molecular complexity index is 344. The largest absolute Gasteiger partial charge is 0.352 e. The van der Waals surface area contributed by atoms with E-state index < -0.39 is 0 Å². The molecule has 1 saturated carbocycles. The van der Waals surface area contributed by atoms with Gasteiger partial charge in [0.1, 0.15) is 0 Å². The summed E-state index contributed by atoms with van der Waals surface area (Å²) in [4.78, 5) is 12.5. The fourth-order valence-electron chi connectivity index (χ4n) is 3.55. The van der Waals surface area contributed by atoms with Gasteiger partial charge >= 0.3 is 0 Å². The van der Waals surface area contributed by atoms with Crippen molar-refractivity contribution in [3.05, 3.63) is 0 Å². The van der Waals surface area contributed by atoms with Gasteiger partial charge in [0, 0.05) is 18.5 Å². The number of piperidine rings is 1. The Hall–Kier alpha value is -0.570. The Kier molecular flexibility index (Phi) is 3.05. The lowest BCUT2D eigenvalue weighted by Gasteiger charge is -2.39. The first-order valence-electron chi connectivity index (χ1n) is 7.12. The summed E-state index contributed by atoms with van der Waals surface area (Å²) in [5.41, 5.74) is 0.416. The molecule has 3 heteroatoms. The third kappa shape index (κ3) is 1.97. The summed E-state index contributed by atoms with van der Waals surface area (Å²) in [5.74, 6) is 0.417. The van der Waals surface area contributed by atoms with Gasteiger partial charge in [0.15, 0.2) is 0 Å². The molecule has 0 spiro atoms. The van der Waals surface area contributed by atoms with Crippen LogP contribution in [0.1, 0.15) is 48.0 Å². The first-order valence-corrected chi connectivity index (χ1v) is 7.12. The molecule has 1 unspecified atom stereocenters. The molecule has 0 aromatic carbocycles. The van der Waals surface area contributed by atoms with Gasteiger partial charge in [-0.25, -0.2) is 0 Å². The van der Waals surface area contributed by atoms with E-state index in [2.05, 4.69) is 52.2 Å². The maximum Gasteiger partial charge on any atom is 0.224 e. The fourth-order valence-corrected chi connectivity index (χ4v) is 3.55. The first kappa shape index (κ1) is 13.9. The molecule has 1 heterocycles. The molecular formula is C15H28N2O. The zero-order valence-corrected chi connectivity index (χ0v) is 12.7. The highest BCUT2D eigenvalue weighted by Crippen LogP contribution is 2.68. The SMILES string of the molecule is CC1(C)CNCCC1NC(=O)C1C(C)(C)C1(C)C. The van der Waals surface area contributed by atoms with E-state index in [9.17, 15) is 4.79 Å². The minimum atomic E-state index is 0.133. The second-order valence-electron chi connectivity index (χ2n) is 7.89. The molecule has 1 saturated heterocycles. The molecule has 2 rings (SSSR count). The third-order valence-electron chi connectivity index (χ3n) is 5.73. The molecule has 0 bridgehead atoms. The lowest BCUT2D eigenvalue weighted by atomic mass is 9.80. The van der Waals surface area contributed by atoms with E-state index in [4.69, 9.17) is 0 Å². The minimum Gasteiger partial charge on any atom is -0.352 e. The van der Waals surface area contributed by atoms with Crippen molar-refractivity contribution in [3.8, 4) is 0 Å². The standard InChI is InChI=1S/C15H28N2O/c1-13(2)9-16-8-7-10(13)17-12(18)11-14(3,4)15(11,5)6/h10-11,16H,7-9H2,1-6H3,(H,17,18). The van der Waals surface area contributed by atoms with Crippen LogP contribution < -0.4 is 10.6 Å². The van der Waals surface area contributed by atoms with Gasteiger partial charge in [-0.2, -0.15) is 0 Å². The van der Waals surface area contributed by atoms with Crippen molar-refractivity contribution in [1.29, 1.82) is 0 Å². The number of hydrogen-bond acceptors (Lipinski definition) is 2. The molecule has 1 aliphatic carbocycles. The number of amides is 1. The monoisotopic (exact) mass is 252 g/mol. The van der Waals surface area contributed by atoms with Crippen molar-refractivity contribution in [2.45, 2.75) is 54.0 Å². The zero-order chi connectivity index (χ0) is 13.8. The maximum absolute atomic E-state index is 12.5. The van der Waals surface area contributed by atoms with Crippen molar-refractivity contribution in [3.63, 3.8) is 0 Å². The molecule has 2 N–H and O–H groups in total. The van der Waals surface area contributed by atoms with Crippen LogP contribution in [-0.4, -0.2) is 25.0 Å². The van der Waals surface area contributed by atoms with Gasteiger partial charge in [0.05, 0.1) is 0 Å². The van der Waals surface area contributed by atoms with E-state index in [1.165, 1.54) is 0 Å². The summed E-state index contributed by atoms with van der Waals surface area (Å²) < 4.78 is 0. The Morgan fingerprint density at radius 1 is 1.11 bits per heavy atom. The van der Waals surface area contributed by atoms with E-state index in [1.54, 1.807) is 0 Å². The molecule has 1 aliphatic heterocycles. The number of rotatable bonds is 2. The minimum absolute atomic E-state index is 0.133. The molecule has 0 aromatic rings. The second kappa shape index (κ2) is 3.96. The Labute approximate surface area is 111 Å². The van der Waals surface area contributed by atoms with Crippen molar-refractivity contribution in [2.24, 2.45) is 22.2 Å². The molecular weight excluding hydrogens is 224 g/mol. The third-order valence-corrected chi connectivity index (χ3v) is 5.73. The van der Waals surface area contributed by atoms with Crippen LogP contribution in [-0.2, 0) is 4.79 Å². The highest BCUT2D eigenvalue weighted by Gasteiger charge is 2.68. The Morgan fingerprint density at radius 2 is 1.67 bits per heavy atom. The number of carbonyl (C=O) groups excluding carboxylic acids is 1. The van der Waals surface area contributed by atoms with E-state index in [-0.39, 0.29) is 28.1 Å². The molecule has 0 radical (unpaired) electrons. The number of carbonyl (C=O) groups is 1. The quantitative estimate of drug-likeness (QED) is 0.791. The van der Waals surface area contributed by atoms with E-state index >= 15 is 0 Å². The molecule has 3 nitrogen and oxygen atoms in total. The van der Waals surface area contributed by atoms with Crippen LogP contribution in [0.3, 0.4) is 0 Å². The van der Waals surface area contributed by atoms with Crippen molar-refractivity contribution < 1.29 is 4.79 Å². The zero-order valence-electron chi connectivity index (χ0n) is 12.7. The molecule has 1 amide bonds. The summed E-state index contributed by atoms with van der Waals surface area (Å²) in [5, 5.41) is 6.71. The number of hydrogen-bond donors (Lipinski definition) is 2. The van der Waals surface area contributed by atoms with Crippen LogP contribution in [0.4, 0.5) is 0 Å². The van der Waals surface area contributed by atoms with E-state index in [0.29, 0.717) is 6.04 Å². The Balaban J connectivity index is 2.01. The van der Waals surface area contributed by atoms with Gasteiger partial charge in [0.25, 0.3) is 0 Å². The van der Waals surface area contributed by atoms with Crippen LogP contribution in [0.5, 0.6) is 0 Å². The maximum atomic E-state index is 12.5. The molecule has 18 heavy (non-hydrogen) atoms. The lowest BCUT2D eigenvalue weighted by Crippen LogP contribution is -2.55. The van der Waals surface area contributed by atoms with Gasteiger partial charge in [0.2, 0.25) is 5.91 Å². The van der Waals surface area contributed by atoms with Crippen LogP contribution in [0.25, 0.3) is 0 Å². The van der Waals surface area contributed by atoms with Crippen LogP contribution in [0.2, 0.25) is 0 Å². The van der Waals surface area contributed by atoms with Crippen LogP contribution in [0, 0.1) is 22.2 Å². The smallest absolute Gasteiger partial charge is 0.224 e. The molecule has 0 aromatic heterocycles. The van der Waals surface area contributed by atoms with Gasteiger partial charge in [-0.05, 0) is 29.2 Å².